The number of hydrogen-bond acceptors (Lipinski definition) is 9. The van der Waals surface area contributed by atoms with Crippen molar-refractivity contribution in [2.45, 2.75) is 0 Å². The summed E-state index contributed by atoms with van der Waals surface area (Å²) in [6, 6.07) is 0. The third-order valence-corrected chi connectivity index (χ3v) is 0. The third-order valence-electron chi connectivity index (χ3n) is 0. The molecular formula is H5Al2O13P3. The van der Waals surface area contributed by atoms with Crippen molar-refractivity contribution < 1.29 is 63.2 Å². The van der Waals surface area contributed by atoms with Crippen molar-refractivity contribution in [1.29, 1.82) is 0 Å². The van der Waals surface area contributed by atoms with Gasteiger partial charge in [-0.05, 0) is 0 Å². The van der Waals surface area contributed by atoms with E-state index < -0.39 is 23.5 Å². The van der Waals surface area contributed by atoms with Crippen molar-refractivity contribution in [2.24, 2.45) is 0 Å². The minimum absolute atomic E-state index is 0. The molecule has 0 aromatic heterocycles. The first-order valence-corrected chi connectivity index (χ1v) is 6.73. The molecule has 0 fully saturated rings. The molecule has 0 aromatic rings. The van der Waals surface area contributed by atoms with Gasteiger partial charge in [0.1, 0.15) is 0 Å². The van der Waals surface area contributed by atoms with E-state index in [1.807, 2.05) is 0 Å². The summed E-state index contributed by atoms with van der Waals surface area (Å²) in [4.78, 5) is 72.9. The van der Waals surface area contributed by atoms with Crippen molar-refractivity contribution in [3.63, 3.8) is 0 Å². The standard InChI is InChI=1S/2Al.3H3O4P.H2O/c;;3*1-5(2,3)4;/h;;3*(H3,1,2,3,4);1H2/q2*+3;;;;/p-6. The number of rotatable bonds is 0. The molecule has 5 N–H and O–H groups in total. The number of hydrogen-bond donors (Lipinski definition) is 3. The minimum atomic E-state index is -5.14. The Hall–Kier alpha value is 1.35. The first-order chi connectivity index (χ1) is 6.00. The maximum absolute atomic E-state index is 8.66. The van der Waals surface area contributed by atoms with Crippen LogP contribution in [0.1, 0.15) is 0 Å². The van der Waals surface area contributed by atoms with E-state index in [0.717, 1.165) is 0 Å². The monoisotopic (exact) mass is 360 g/mol. The van der Waals surface area contributed by atoms with Gasteiger partial charge in [0.05, 0.1) is 23.5 Å². The van der Waals surface area contributed by atoms with Crippen LogP contribution in [-0.4, -0.2) is 54.9 Å². The predicted molar refractivity (Wildman–Crippen MR) is 44.6 cm³/mol. The molecule has 0 aliphatic carbocycles. The topological polar surface area (TPSA) is 282 Å². The molecule has 0 heterocycles. The average molecular weight is 360 g/mol. The van der Waals surface area contributed by atoms with Crippen LogP contribution in [0, 0.1) is 0 Å². The molecule has 0 aromatic carbocycles. The van der Waals surface area contributed by atoms with Gasteiger partial charge < -0.3 is 63.2 Å². The fraction of sp³-hybridized carbons (Fsp3) is 0. The van der Waals surface area contributed by atoms with Crippen LogP contribution in [0.5, 0.6) is 0 Å². The van der Waals surface area contributed by atoms with Crippen molar-refractivity contribution in [3.8, 4) is 0 Å². The smallest absolute Gasteiger partial charge is 0.790 e. The molecule has 0 atom stereocenters. The molecule has 0 radical (unpaired) electrons. The van der Waals surface area contributed by atoms with Crippen LogP contribution in [0.4, 0.5) is 0 Å². The normalized spacial score (nSPS) is 9.83. The molecule has 13 nitrogen and oxygen atoms in total. The van der Waals surface area contributed by atoms with Gasteiger partial charge in [0.25, 0.3) is 0 Å². The molecule has 0 saturated carbocycles. The second-order valence-corrected chi connectivity index (χ2v) is 4.22. The second kappa shape index (κ2) is 14.8. The molecule has 0 unspecified atom stereocenters. The maximum atomic E-state index is 8.66. The molecule has 0 saturated heterocycles. The molecular weight excluding hydrogens is 355 g/mol. The summed E-state index contributed by atoms with van der Waals surface area (Å²) in [5.41, 5.74) is 0. The van der Waals surface area contributed by atoms with Gasteiger partial charge in [-0.1, -0.05) is 0 Å². The summed E-state index contributed by atoms with van der Waals surface area (Å²) in [7, 11) is -15.4. The van der Waals surface area contributed by atoms with Crippen LogP contribution in [0.15, 0.2) is 0 Å². The zero-order valence-electron chi connectivity index (χ0n) is 8.01. The Balaban J connectivity index is -0.0000000277. The SMILES string of the molecule is O.O=P([O-])([O-])O.O=P([O-])([O-])O.O=P([O-])([O-])O.[Al+3].[Al+3]. The summed E-state index contributed by atoms with van der Waals surface area (Å²) in [5.74, 6) is 0. The van der Waals surface area contributed by atoms with Gasteiger partial charge >= 0.3 is 34.7 Å². The van der Waals surface area contributed by atoms with E-state index >= 15 is 0 Å². The first kappa shape index (κ1) is 36.6. The molecule has 0 spiro atoms. The quantitative estimate of drug-likeness (QED) is 0.268. The molecule has 18 heavy (non-hydrogen) atoms. The molecule has 0 amide bonds. The van der Waals surface area contributed by atoms with E-state index in [1.54, 1.807) is 0 Å². The Labute approximate surface area is 121 Å². The van der Waals surface area contributed by atoms with E-state index in [4.69, 9.17) is 57.7 Å². The number of phosphoric acid groups is 3. The Morgan fingerprint density at radius 1 is 0.556 bits per heavy atom. The summed E-state index contributed by atoms with van der Waals surface area (Å²) < 4.78 is 26.0. The van der Waals surface area contributed by atoms with Crippen LogP contribution < -0.4 is 29.4 Å². The van der Waals surface area contributed by atoms with Gasteiger partial charge in [-0.15, -0.1) is 0 Å². The van der Waals surface area contributed by atoms with Crippen molar-refractivity contribution in [1.82, 2.24) is 0 Å². The largest absolute Gasteiger partial charge is 3.00 e. The zero-order valence-corrected chi connectivity index (χ0v) is 13.0. The molecule has 18 heteroatoms. The van der Waals surface area contributed by atoms with Gasteiger partial charge in [-0.3, -0.25) is 0 Å². The molecule has 0 rings (SSSR count). The fourth-order valence-electron chi connectivity index (χ4n) is 0. The minimum Gasteiger partial charge on any atom is -0.790 e. The van der Waals surface area contributed by atoms with Crippen LogP contribution >= 0.6 is 23.5 Å². The Bertz CT molecular complexity index is 206. The van der Waals surface area contributed by atoms with Gasteiger partial charge in [0.15, 0.2) is 0 Å². The third kappa shape index (κ3) is 2530. The maximum Gasteiger partial charge on any atom is 3.00 e. The van der Waals surface area contributed by atoms with Gasteiger partial charge in [-0.25, -0.2) is 0 Å². The Kier molecular flexibility index (Phi) is 30.0. The van der Waals surface area contributed by atoms with Gasteiger partial charge in [0.2, 0.25) is 0 Å². The zero-order chi connectivity index (χ0) is 13.5. The van der Waals surface area contributed by atoms with E-state index in [-0.39, 0.29) is 40.2 Å². The van der Waals surface area contributed by atoms with Crippen molar-refractivity contribution >= 4 is 58.2 Å². The Morgan fingerprint density at radius 3 is 0.556 bits per heavy atom. The van der Waals surface area contributed by atoms with Crippen LogP contribution in [0.3, 0.4) is 0 Å². The molecule has 0 aliphatic rings. The van der Waals surface area contributed by atoms with Gasteiger partial charge in [0, 0.05) is 0 Å². The van der Waals surface area contributed by atoms with E-state index in [0.29, 0.717) is 0 Å². The molecule has 104 valence electrons. The first-order valence-electron chi connectivity index (χ1n) is 2.24. The summed E-state index contributed by atoms with van der Waals surface area (Å²) >= 11 is 0. The van der Waals surface area contributed by atoms with E-state index in [1.165, 1.54) is 0 Å². The van der Waals surface area contributed by atoms with Gasteiger partial charge in [-0.2, -0.15) is 0 Å². The fourth-order valence-corrected chi connectivity index (χ4v) is 0. The van der Waals surface area contributed by atoms with Crippen LogP contribution in [0.2, 0.25) is 0 Å². The predicted octanol–water partition coefficient (Wildman–Crippen LogP) is -8.16. The summed E-state index contributed by atoms with van der Waals surface area (Å²) in [6.45, 7) is 0. The Morgan fingerprint density at radius 2 is 0.556 bits per heavy atom. The second-order valence-electron chi connectivity index (χ2n) is 1.41. The van der Waals surface area contributed by atoms with Crippen molar-refractivity contribution in [3.05, 3.63) is 0 Å². The van der Waals surface area contributed by atoms with Crippen molar-refractivity contribution in [2.75, 3.05) is 0 Å². The van der Waals surface area contributed by atoms with Crippen LogP contribution in [-0.2, 0) is 13.7 Å². The summed E-state index contributed by atoms with van der Waals surface area (Å²) in [5, 5.41) is 0. The van der Waals surface area contributed by atoms with E-state index in [2.05, 4.69) is 0 Å². The van der Waals surface area contributed by atoms with Crippen LogP contribution in [0.25, 0.3) is 0 Å². The van der Waals surface area contributed by atoms with E-state index in [9.17, 15) is 0 Å². The molecule has 0 bridgehead atoms. The average Bonchev–Trinajstić information content (AvgIpc) is 1.41. The summed E-state index contributed by atoms with van der Waals surface area (Å²) in [6.07, 6.45) is 0. The molecule has 0 aliphatic heterocycles.